The van der Waals surface area contributed by atoms with Gasteiger partial charge in [0.1, 0.15) is 0 Å². The number of benzene rings is 2. The lowest BCUT2D eigenvalue weighted by atomic mass is 9.78. The van der Waals surface area contributed by atoms with E-state index in [4.69, 9.17) is 9.97 Å². The van der Waals surface area contributed by atoms with Crippen LogP contribution in [0.1, 0.15) is 134 Å². The van der Waals surface area contributed by atoms with Crippen LogP contribution in [0.4, 0.5) is 0 Å². The van der Waals surface area contributed by atoms with Crippen molar-refractivity contribution < 1.29 is 9.90 Å². The predicted octanol–water partition coefficient (Wildman–Crippen LogP) is 13.3. The van der Waals surface area contributed by atoms with E-state index in [0.29, 0.717) is 11.3 Å². The van der Waals surface area contributed by atoms with E-state index in [-0.39, 0.29) is 21.7 Å². The first-order valence-corrected chi connectivity index (χ1v) is 19.9. The van der Waals surface area contributed by atoms with E-state index < -0.39 is 5.97 Å². The molecule has 2 aliphatic heterocycles. The van der Waals surface area contributed by atoms with Crippen molar-refractivity contribution in [2.24, 2.45) is 0 Å². The number of nitrogens with one attached hydrogen (secondary N) is 2. The summed E-state index contributed by atoms with van der Waals surface area (Å²) < 4.78 is 0. The van der Waals surface area contributed by atoms with Crippen molar-refractivity contribution in [3.63, 3.8) is 0 Å². The number of carboxylic acids is 1. The van der Waals surface area contributed by atoms with E-state index in [0.717, 1.165) is 61.4 Å². The van der Waals surface area contributed by atoms with Crippen LogP contribution in [0, 0.1) is 0 Å². The van der Waals surface area contributed by atoms with Gasteiger partial charge < -0.3 is 15.1 Å². The third kappa shape index (κ3) is 8.23. The summed E-state index contributed by atoms with van der Waals surface area (Å²) in [7, 11) is 0. The fraction of sp³-hybridized carbons (Fsp3) is 0.314. The highest BCUT2D eigenvalue weighted by molar-refractivity contribution is 5.96. The van der Waals surface area contributed by atoms with Crippen molar-refractivity contribution in [3.05, 3.63) is 123 Å². The number of aromatic nitrogens is 4. The maximum atomic E-state index is 12.0. The average molecular weight is 757 g/mol. The van der Waals surface area contributed by atoms with Crippen molar-refractivity contribution in [2.75, 3.05) is 0 Å². The number of aromatic amines is 2. The maximum Gasteiger partial charge on any atom is 0.328 e. The summed E-state index contributed by atoms with van der Waals surface area (Å²) in [5.41, 5.74) is 16.0. The Labute approximate surface area is 337 Å². The Balaban J connectivity index is 1.62. The molecule has 8 bridgehead atoms. The second-order valence-corrected chi connectivity index (χ2v) is 19.7. The molecular formula is C51H56N4O2. The number of carbonyl (C=O) groups is 1. The maximum absolute atomic E-state index is 12.0. The largest absolute Gasteiger partial charge is 0.478 e. The molecule has 5 heterocycles. The summed E-state index contributed by atoms with van der Waals surface area (Å²) in [6.07, 6.45) is 11.0. The highest BCUT2D eigenvalue weighted by Crippen LogP contribution is 2.40. The monoisotopic (exact) mass is 756 g/mol. The minimum atomic E-state index is -1.03. The van der Waals surface area contributed by atoms with Crippen LogP contribution in [0.15, 0.2) is 72.8 Å². The fourth-order valence-electron chi connectivity index (χ4n) is 7.37. The minimum Gasteiger partial charge on any atom is -0.478 e. The third-order valence-corrected chi connectivity index (χ3v) is 10.9. The molecule has 0 unspecified atom stereocenters. The van der Waals surface area contributed by atoms with Crippen molar-refractivity contribution in [2.45, 2.75) is 105 Å². The number of fused-ring (bicyclic) bond motifs is 8. The molecule has 7 rings (SSSR count). The number of nitrogens with zero attached hydrogens (tertiary/aromatic N) is 2. The Hall–Kier alpha value is -5.75. The zero-order valence-electron chi connectivity index (χ0n) is 35.6. The predicted molar refractivity (Wildman–Crippen MR) is 241 cm³/mol. The van der Waals surface area contributed by atoms with Crippen LogP contribution in [-0.4, -0.2) is 31.0 Å². The molecule has 6 heteroatoms. The van der Waals surface area contributed by atoms with Crippen LogP contribution in [0.3, 0.4) is 0 Å². The van der Waals surface area contributed by atoms with Gasteiger partial charge in [0.15, 0.2) is 0 Å². The van der Waals surface area contributed by atoms with E-state index >= 15 is 0 Å². The summed E-state index contributed by atoms with van der Waals surface area (Å²) in [5.74, 6) is -1.03. The van der Waals surface area contributed by atoms with Crippen LogP contribution in [0.2, 0.25) is 0 Å². The number of carboxylic acid groups (broad SMARTS) is 1. The van der Waals surface area contributed by atoms with E-state index in [1.807, 2.05) is 18.2 Å². The number of aliphatic carboxylic acids is 1. The summed E-state index contributed by atoms with van der Waals surface area (Å²) in [6.45, 7) is 27.0. The molecule has 57 heavy (non-hydrogen) atoms. The van der Waals surface area contributed by atoms with E-state index in [9.17, 15) is 9.90 Å². The lowest BCUT2D eigenvalue weighted by Gasteiger charge is -2.26. The van der Waals surface area contributed by atoms with E-state index in [1.165, 1.54) is 28.3 Å². The van der Waals surface area contributed by atoms with Crippen molar-refractivity contribution >= 4 is 58.4 Å². The topological polar surface area (TPSA) is 94.7 Å². The Morgan fingerprint density at radius 2 is 0.965 bits per heavy atom. The average Bonchev–Trinajstić information content (AvgIpc) is 3.93. The van der Waals surface area contributed by atoms with Crippen molar-refractivity contribution in [1.82, 2.24) is 19.9 Å². The van der Waals surface area contributed by atoms with Gasteiger partial charge in [0.25, 0.3) is 0 Å². The summed E-state index contributed by atoms with van der Waals surface area (Å²) >= 11 is 0. The standard InChI is InChI=1S/C51H56N4O2/c1-48(2,3)32-23-30(24-33(27-32)49(4,5)6)46-41-16-13-36(52-41)29-37-14-17-42(53-37)47(31-25-34(50(7,8)9)28-35(26-31)51(10,11)12)44-21-19-40(55-44)38(15-22-45(56)57)39-18-20-43(46)54-39/h13-29,52,55H,1-12H3,(H,56,57)/b22-15+,36-29?,37-29?,39-38?,40-38?,46-41?,46-43?,47-42?,47-44?. The molecule has 0 fully saturated rings. The number of H-pyrrole nitrogens is 2. The molecule has 2 aliphatic rings. The SMILES string of the molecule is CC(C)(C)c1cc(-c2c3nc(c(/C=C/C(=O)O)c4ccc([nH]4)c(-c4cc(C(C)(C)C)cc(C(C)(C)C)c4)c4nc(cc5ccc2[nH]5)C=C4)C=C3)cc(C(C)(C)C)c1. The van der Waals surface area contributed by atoms with Crippen LogP contribution in [0.5, 0.6) is 0 Å². The number of hydrogen-bond acceptors (Lipinski definition) is 3. The first-order chi connectivity index (χ1) is 26.5. The normalized spacial score (nSPS) is 13.5. The third-order valence-electron chi connectivity index (χ3n) is 10.9. The first kappa shape index (κ1) is 39.5. The second-order valence-electron chi connectivity index (χ2n) is 19.7. The van der Waals surface area contributed by atoms with Crippen LogP contribution in [0.25, 0.3) is 74.7 Å². The highest BCUT2D eigenvalue weighted by Gasteiger charge is 2.25. The van der Waals surface area contributed by atoms with E-state index in [2.05, 4.69) is 166 Å². The van der Waals surface area contributed by atoms with Gasteiger partial charge in [-0.15, -0.1) is 0 Å². The molecule has 0 spiro atoms. The van der Waals surface area contributed by atoms with Crippen molar-refractivity contribution in [1.29, 1.82) is 0 Å². The molecule has 5 aromatic rings. The molecule has 0 atom stereocenters. The smallest absolute Gasteiger partial charge is 0.328 e. The van der Waals surface area contributed by atoms with Gasteiger partial charge in [0, 0.05) is 44.8 Å². The summed E-state index contributed by atoms with van der Waals surface area (Å²) in [4.78, 5) is 30.0. The Morgan fingerprint density at radius 3 is 1.47 bits per heavy atom. The molecule has 2 aromatic carbocycles. The highest BCUT2D eigenvalue weighted by atomic mass is 16.4. The van der Waals surface area contributed by atoms with Crippen LogP contribution >= 0.6 is 0 Å². The van der Waals surface area contributed by atoms with Gasteiger partial charge in [-0.1, -0.05) is 119 Å². The van der Waals surface area contributed by atoms with Crippen LogP contribution in [-0.2, 0) is 26.5 Å². The van der Waals surface area contributed by atoms with Gasteiger partial charge in [-0.2, -0.15) is 0 Å². The first-order valence-electron chi connectivity index (χ1n) is 19.9. The molecule has 3 N–H and O–H groups in total. The van der Waals surface area contributed by atoms with E-state index in [1.54, 1.807) is 6.08 Å². The molecule has 0 amide bonds. The molecule has 0 saturated carbocycles. The zero-order valence-corrected chi connectivity index (χ0v) is 35.6. The molecule has 292 valence electrons. The quantitative estimate of drug-likeness (QED) is 0.156. The summed E-state index contributed by atoms with van der Waals surface area (Å²) in [5, 5.41) is 9.83. The number of rotatable bonds is 4. The minimum absolute atomic E-state index is 0.0819. The molecule has 0 radical (unpaired) electrons. The Bertz CT molecular complexity index is 2550. The van der Waals surface area contributed by atoms with Gasteiger partial charge in [-0.05, 0) is 116 Å². The molecule has 3 aromatic heterocycles. The lowest BCUT2D eigenvalue weighted by molar-refractivity contribution is -0.131. The van der Waals surface area contributed by atoms with Gasteiger partial charge in [0.2, 0.25) is 0 Å². The van der Waals surface area contributed by atoms with Gasteiger partial charge in [-0.3, -0.25) is 0 Å². The number of hydrogen-bond donors (Lipinski definition) is 3. The zero-order chi connectivity index (χ0) is 41.2. The second kappa shape index (κ2) is 14.0. The Morgan fingerprint density at radius 1 is 0.526 bits per heavy atom. The molecular weight excluding hydrogens is 701 g/mol. The molecule has 6 nitrogen and oxygen atoms in total. The summed E-state index contributed by atoms with van der Waals surface area (Å²) in [6, 6.07) is 24.2. The fourth-order valence-corrected chi connectivity index (χ4v) is 7.37. The van der Waals surface area contributed by atoms with Gasteiger partial charge in [0.05, 0.1) is 22.8 Å². The van der Waals surface area contributed by atoms with Gasteiger partial charge >= 0.3 is 5.97 Å². The van der Waals surface area contributed by atoms with Crippen molar-refractivity contribution in [3.8, 4) is 22.3 Å². The molecule has 0 aliphatic carbocycles. The van der Waals surface area contributed by atoms with Gasteiger partial charge in [-0.25, -0.2) is 14.8 Å². The van der Waals surface area contributed by atoms with Crippen LogP contribution < -0.4 is 0 Å². The Kier molecular flexibility index (Phi) is 9.71. The molecule has 0 saturated heterocycles. The lowest BCUT2D eigenvalue weighted by Crippen LogP contribution is -2.16.